The van der Waals surface area contributed by atoms with Gasteiger partial charge in [-0.05, 0) is 0 Å². The molecule has 23 nitrogen and oxygen atoms in total. The zero-order valence-corrected chi connectivity index (χ0v) is 27.4. The number of ether oxygens (including phenoxy) is 7. The van der Waals surface area contributed by atoms with E-state index in [0.29, 0.717) is 0 Å². The maximum Gasteiger partial charge on any atom is 0.217 e. The van der Waals surface area contributed by atoms with E-state index in [1.165, 1.54) is 0 Å². The highest BCUT2D eigenvalue weighted by atomic mass is 16.8. The molecule has 4 fully saturated rings. The number of aliphatic hydroxyl groups excluding tert-OH is 12. The Bertz CT molecular complexity index is 1140. The Balaban J connectivity index is 1.53. The highest BCUT2D eigenvalue weighted by Crippen LogP contribution is 2.34. The molecule has 51 heavy (non-hydrogen) atoms. The van der Waals surface area contributed by atoms with E-state index in [-0.39, 0.29) is 0 Å². The first-order chi connectivity index (χ1) is 24.1. The van der Waals surface area contributed by atoms with Gasteiger partial charge in [-0.15, -0.1) is 0 Å². The smallest absolute Gasteiger partial charge is 0.217 e. The minimum Gasteiger partial charge on any atom is -0.394 e. The van der Waals surface area contributed by atoms with Crippen LogP contribution in [0.15, 0.2) is 0 Å². The van der Waals surface area contributed by atoms with Crippen LogP contribution in [0.2, 0.25) is 0 Å². The SMILES string of the molecule is CC(=O)N[C@@H]1[C@@H](O[C@@H]2O[C@H](CO)[C@H](O[C@H]3O[C@H](CO)[C@@H](O[C@@H]4O[C@H](CO)[C@H](O)[C@H](O)[C@H]4O)[C@H](O)[C@H]3NC(C)=O)[C@H](O)[C@H]2O)[C@H](O)[C@@H](CO)O[C@@H]1O. The molecule has 0 aromatic rings. The monoisotopic (exact) mass is 748 g/mol. The largest absolute Gasteiger partial charge is 0.394 e. The molecule has 4 aliphatic heterocycles. The molecule has 4 aliphatic rings. The molecule has 23 heteroatoms. The van der Waals surface area contributed by atoms with E-state index in [4.69, 9.17) is 33.2 Å². The number of aliphatic hydroxyl groups is 12. The highest BCUT2D eigenvalue weighted by Gasteiger charge is 2.55. The van der Waals surface area contributed by atoms with Crippen molar-refractivity contribution in [2.45, 2.75) is 137 Å². The fourth-order valence-corrected chi connectivity index (χ4v) is 6.35. The second-order valence-electron chi connectivity index (χ2n) is 12.6. The van der Waals surface area contributed by atoms with E-state index in [1.54, 1.807) is 0 Å². The van der Waals surface area contributed by atoms with Crippen molar-refractivity contribution in [3.05, 3.63) is 0 Å². The fraction of sp³-hybridized carbons (Fsp3) is 0.929. The van der Waals surface area contributed by atoms with Crippen molar-refractivity contribution >= 4 is 11.8 Å². The van der Waals surface area contributed by atoms with Crippen LogP contribution in [0.5, 0.6) is 0 Å². The molecule has 20 atom stereocenters. The van der Waals surface area contributed by atoms with Gasteiger partial charge in [0, 0.05) is 13.8 Å². The summed E-state index contributed by atoms with van der Waals surface area (Å²) in [5.41, 5.74) is 0. The number of carbonyl (C=O) groups is 2. The van der Waals surface area contributed by atoms with Gasteiger partial charge in [-0.2, -0.15) is 0 Å². The maximum absolute atomic E-state index is 12.2. The van der Waals surface area contributed by atoms with Crippen LogP contribution in [0.4, 0.5) is 0 Å². The van der Waals surface area contributed by atoms with Crippen molar-refractivity contribution in [1.29, 1.82) is 0 Å². The van der Waals surface area contributed by atoms with Crippen molar-refractivity contribution in [3.63, 3.8) is 0 Å². The van der Waals surface area contributed by atoms with Crippen LogP contribution >= 0.6 is 0 Å². The van der Waals surface area contributed by atoms with Gasteiger partial charge in [0.05, 0.1) is 26.4 Å². The summed E-state index contributed by atoms with van der Waals surface area (Å²) >= 11 is 0. The maximum atomic E-state index is 12.2. The van der Waals surface area contributed by atoms with Crippen molar-refractivity contribution < 1.29 is 104 Å². The van der Waals surface area contributed by atoms with Crippen molar-refractivity contribution in [1.82, 2.24) is 10.6 Å². The molecule has 0 radical (unpaired) electrons. The molecular formula is C28H48N2O21. The molecule has 4 saturated heterocycles. The Labute approximate surface area is 289 Å². The van der Waals surface area contributed by atoms with Gasteiger partial charge < -0.3 is 105 Å². The number of hydrogen-bond acceptors (Lipinski definition) is 21. The van der Waals surface area contributed by atoms with E-state index < -0.39 is 161 Å². The summed E-state index contributed by atoms with van der Waals surface area (Å²) in [7, 11) is 0. The third kappa shape index (κ3) is 9.11. The second-order valence-corrected chi connectivity index (χ2v) is 12.6. The van der Waals surface area contributed by atoms with Crippen molar-refractivity contribution in [2.24, 2.45) is 0 Å². The molecule has 0 aliphatic carbocycles. The average molecular weight is 749 g/mol. The number of amides is 2. The normalized spacial score (nSPS) is 47.8. The molecular weight excluding hydrogens is 700 g/mol. The topological polar surface area (TPSA) is 366 Å². The molecule has 0 aromatic carbocycles. The van der Waals surface area contributed by atoms with Crippen LogP contribution in [-0.2, 0) is 42.7 Å². The van der Waals surface area contributed by atoms with E-state index in [0.717, 1.165) is 13.8 Å². The Morgan fingerprint density at radius 2 is 0.882 bits per heavy atom. The second kappa shape index (κ2) is 18.0. The highest BCUT2D eigenvalue weighted by molar-refractivity contribution is 5.73. The summed E-state index contributed by atoms with van der Waals surface area (Å²) in [4.78, 5) is 24.0. The average Bonchev–Trinajstić information content (AvgIpc) is 3.09. The van der Waals surface area contributed by atoms with Gasteiger partial charge in [0.2, 0.25) is 11.8 Å². The quantitative estimate of drug-likeness (QED) is 0.0881. The lowest BCUT2D eigenvalue weighted by Gasteiger charge is -2.50. The zero-order valence-electron chi connectivity index (χ0n) is 27.4. The minimum atomic E-state index is -2.04. The third-order valence-corrected chi connectivity index (χ3v) is 9.01. The first-order valence-electron chi connectivity index (χ1n) is 16.1. The standard InChI is InChI=1S/C28H48N2O21/c1-7(35)29-13-17(39)22(50-27-20(42)18(40)15(37)9(3-31)46-27)11(5-33)47-26(13)49-23-12(6-34)48-28(21(43)19(23)41)51-24-14(30-8(2)36)25(44)45-10(4-32)16(24)38/h9-28,31-34,37-44H,3-6H2,1-2H3,(H,29,35)(H,30,36)/t9-,10-,11-,12-,13-,14-,15+,16-,17-,18+,19-,20-,21-,22-,23+,24-,25+,26-,27+,28+/m1/s1. The van der Waals surface area contributed by atoms with Gasteiger partial charge in [0.25, 0.3) is 0 Å². The minimum absolute atomic E-state index is 0.678. The van der Waals surface area contributed by atoms with Crippen LogP contribution in [-0.4, -0.2) is 222 Å². The lowest BCUT2D eigenvalue weighted by atomic mass is 9.94. The summed E-state index contributed by atoms with van der Waals surface area (Å²) in [6.45, 7) is -1.25. The van der Waals surface area contributed by atoms with Crippen molar-refractivity contribution in [3.8, 4) is 0 Å². The molecule has 0 aromatic heterocycles. The molecule has 0 spiro atoms. The summed E-state index contributed by atoms with van der Waals surface area (Å²) in [6.07, 6.45) is -31.2. The molecule has 0 bridgehead atoms. The summed E-state index contributed by atoms with van der Waals surface area (Å²) < 4.78 is 39.0. The van der Waals surface area contributed by atoms with E-state index in [2.05, 4.69) is 10.6 Å². The van der Waals surface area contributed by atoms with Crippen LogP contribution < -0.4 is 10.6 Å². The molecule has 0 saturated carbocycles. The van der Waals surface area contributed by atoms with E-state index in [1.807, 2.05) is 0 Å². The molecule has 4 rings (SSSR count). The zero-order chi connectivity index (χ0) is 37.9. The number of carbonyl (C=O) groups excluding carboxylic acids is 2. The van der Waals surface area contributed by atoms with Crippen molar-refractivity contribution in [2.75, 3.05) is 26.4 Å². The molecule has 0 unspecified atom stereocenters. The first kappa shape index (κ1) is 41.9. The van der Waals surface area contributed by atoms with Crippen LogP contribution in [0.25, 0.3) is 0 Å². The predicted octanol–water partition coefficient (Wildman–Crippen LogP) is -9.46. The molecule has 4 heterocycles. The lowest BCUT2D eigenvalue weighted by Crippen LogP contribution is -2.70. The predicted molar refractivity (Wildman–Crippen MR) is 157 cm³/mol. The summed E-state index contributed by atoms with van der Waals surface area (Å²) in [6, 6.07) is -3.05. The first-order valence-corrected chi connectivity index (χ1v) is 16.1. The summed E-state index contributed by atoms with van der Waals surface area (Å²) in [5, 5.41) is 129. The van der Waals surface area contributed by atoms with Gasteiger partial charge in [-0.25, -0.2) is 0 Å². The van der Waals surface area contributed by atoms with E-state index in [9.17, 15) is 70.9 Å². The van der Waals surface area contributed by atoms with Gasteiger partial charge in [-0.1, -0.05) is 0 Å². The Morgan fingerprint density at radius 3 is 1.41 bits per heavy atom. The lowest BCUT2D eigenvalue weighted by molar-refractivity contribution is -0.375. The summed E-state index contributed by atoms with van der Waals surface area (Å²) in [5.74, 6) is -1.42. The molecule has 2 amide bonds. The Hall–Kier alpha value is -1.82. The number of nitrogens with one attached hydrogen (secondary N) is 2. The number of rotatable bonds is 12. The van der Waals surface area contributed by atoms with Gasteiger partial charge >= 0.3 is 0 Å². The fourth-order valence-electron chi connectivity index (χ4n) is 6.35. The van der Waals surface area contributed by atoms with Gasteiger partial charge in [-0.3, -0.25) is 9.59 Å². The van der Waals surface area contributed by atoms with E-state index >= 15 is 0 Å². The Morgan fingerprint density at radius 1 is 0.471 bits per heavy atom. The van der Waals surface area contributed by atoms with Gasteiger partial charge in [0.15, 0.2) is 25.2 Å². The van der Waals surface area contributed by atoms with Crippen LogP contribution in [0, 0.1) is 0 Å². The molecule has 296 valence electrons. The third-order valence-electron chi connectivity index (χ3n) is 9.01. The Kier molecular flexibility index (Phi) is 14.8. The number of hydrogen-bond donors (Lipinski definition) is 14. The van der Waals surface area contributed by atoms with Gasteiger partial charge in [0.1, 0.15) is 97.5 Å². The van der Waals surface area contributed by atoms with Crippen LogP contribution in [0.1, 0.15) is 13.8 Å². The van der Waals surface area contributed by atoms with Crippen LogP contribution in [0.3, 0.4) is 0 Å². The molecule has 14 N–H and O–H groups in total.